The molecule has 1 aromatic carbocycles. The first-order valence-electron chi connectivity index (χ1n) is 17.8. The lowest BCUT2D eigenvalue weighted by atomic mass is 9.96. The number of hydrogen-bond donors (Lipinski definition) is 0. The van der Waals surface area contributed by atoms with Gasteiger partial charge in [0.15, 0.2) is 43.1 Å². The van der Waals surface area contributed by atoms with Gasteiger partial charge in [-0.1, -0.05) is 15.9 Å². The highest BCUT2D eigenvalue weighted by Crippen LogP contribution is 2.35. The Morgan fingerprint density at radius 3 is 1.62 bits per heavy atom. The van der Waals surface area contributed by atoms with E-state index in [9.17, 15) is 19.2 Å². The fourth-order valence-corrected chi connectivity index (χ4v) is 6.26. The molecule has 20 nitrogen and oxygen atoms in total. The van der Waals surface area contributed by atoms with Crippen LogP contribution in [0.25, 0.3) is 0 Å². The van der Waals surface area contributed by atoms with Crippen LogP contribution in [0.1, 0.15) is 27.7 Å². The molecule has 0 saturated carbocycles. The summed E-state index contributed by atoms with van der Waals surface area (Å²) in [6.45, 7) is 5.17. The van der Waals surface area contributed by atoms with Crippen LogP contribution in [0.15, 0.2) is 24.3 Å². The monoisotopic (exact) mass is 868 g/mol. The average Bonchev–Trinajstić information content (AvgIpc) is 3.15. The van der Waals surface area contributed by atoms with E-state index in [0.29, 0.717) is 11.5 Å². The van der Waals surface area contributed by atoms with Crippen molar-refractivity contribution in [2.24, 2.45) is 0 Å². The maximum Gasteiger partial charge on any atom is 0.303 e. The Kier molecular flexibility index (Phi) is 19.4. The Morgan fingerprint density at radius 1 is 0.607 bits per heavy atom. The summed E-state index contributed by atoms with van der Waals surface area (Å²) in [5.41, 5.74) is 0. The molecule has 0 N–H and O–H groups in total. The van der Waals surface area contributed by atoms with E-state index in [4.69, 9.17) is 76.4 Å². The third kappa shape index (κ3) is 14.3. The van der Waals surface area contributed by atoms with Crippen molar-refractivity contribution in [1.29, 1.82) is 0 Å². The van der Waals surface area contributed by atoms with Gasteiger partial charge in [-0.15, -0.1) is 0 Å². The van der Waals surface area contributed by atoms with Crippen molar-refractivity contribution in [2.45, 2.75) is 89.1 Å². The summed E-state index contributed by atoms with van der Waals surface area (Å²) in [6.07, 6.45) is -13.0. The minimum atomic E-state index is -1.60. The van der Waals surface area contributed by atoms with Gasteiger partial charge in [-0.05, 0) is 24.3 Å². The van der Waals surface area contributed by atoms with Crippen molar-refractivity contribution in [1.82, 2.24) is 0 Å². The topological polar surface area (TPSA) is 216 Å². The lowest BCUT2D eigenvalue weighted by Crippen LogP contribution is -2.66. The Balaban J connectivity index is 1.61. The lowest BCUT2D eigenvalue weighted by Gasteiger charge is -2.48. The molecule has 2 fully saturated rings. The summed E-state index contributed by atoms with van der Waals surface area (Å²) in [7, 11) is 1.38. The first-order chi connectivity index (χ1) is 27.0. The molecule has 56 heavy (non-hydrogen) atoms. The summed E-state index contributed by atoms with van der Waals surface area (Å²) in [5, 5.41) is 0.123. The predicted molar refractivity (Wildman–Crippen MR) is 187 cm³/mol. The van der Waals surface area contributed by atoms with E-state index >= 15 is 0 Å². The van der Waals surface area contributed by atoms with Crippen LogP contribution in [-0.4, -0.2) is 157 Å². The number of halogens is 1. The molecule has 316 valence electrons. The number of hydrogen-bond acceptors (Lipinski definition) is 20. The molecule has 1 aromatic rings. The maximum absolute atomic E-state index is 12.5. The van der Waals surface area contributed by atoms with E-state index in [1.807, 2.05) is 0 Å². The second-order valence-electron chi connectivity index (χ2n) is 12.3. The zero-order valence-corrected chi connectivity index (χ0v) is 33.3. The SMILES string of the molecule is CO[C@@H]1O[C@H](CBr)[C@H](O[C@@H]2O[C@H](COC(C)=O)[C@H](OC(C)=O)[C@H](OC(C)=O)[C@H]2OC(C)=O)[C@@H]2OOCCOCCOc3ccc(cc3)OCCOCCOO[C@@H]12. The predicted octanol–water partition coefficient (Wildman–Crippen LogP) is 1.36. The molecule has 4 heterocycles. The minimum Gasteiger partial charge on any atom is -0.491 e. The molecule has 2 bridgehead atoms. The molecule has 0 aliphatic carbocycles. The van der Waals surface area contributed by atoms with Gasteiger partial charge in [0.2, 0.25) is 0 Å². The number of fused-ring (bicyclic) bond motifs is 16. The van der Waals surface area contributed by atoms with Crippen molar-refractivity contribution in [2.75, 3.05) is 71.9 Å². The molecule has 0 spiro atoms. The summed E-state index contributed by atoms with van der Waals surface area (Å²) < 4.78 is 69.0. The van der Waals surface area contributed by atoms with Gasteiger partial charge >= 0.3 is 23.9 Å². The van der Waals surface area contributed by atoms with Gasteiger partial charge in [0.1, 0.15) is 56.7 Å². The van der Waals surface area contributed by atoms with Crippen molar-refractivity contribution >= 4 is 39.8 Å². The summed E-state index contributed by atoms with van der Waals surface area (Å²) in [6, 6.07) is 7.13. The van der Waals surface area contributed by atoms with Crippen LogP contribution in [0.3, 0.4) is 0 Å². The van der Waals surface area contributed by atoms with Crippen molar-refractivity contribution < 1.29 is 95.6 Å². The van der Waals surface area contributed by atoms with Crippen molar-refractivity contribution in [3.63, 3.8) is 0 Å². The quantitative estimate of drug-likeness (QED) is 0.113. The second kappa shape index (κ2) is 23.9. The Labute approximate surface area is 331 Å². The third-order valence-corrected chi connectivity index (χ3v) is 8.65. The van der Waals surface area contributed by atoms with E-state index in [1.165, 1.54) is 7.11 Å². The van der Waals surface area contributed by atoms with E-state index in [0.717, 1.165) is 27.7 Å². The number of ether oxygens (including phenoxy) is 12. The largest absolute Gasteiger partial charge is 0.491 e. The highest BCUT2D eigenvalue weighted by molar-refractivity contribution is 9.09. The number of carbonyl (C=O) groups is 4. The lowest BCUT2D eigenvalue weighted by molar-refractivity contribution is -0.457. The van der Waals surface area contributed by atoms with Crippen LogP contribution in [0, 0.1) is 0 Å². The fourth-order valence-electron chi connectivity index (χ4n) is 5.73. The van der Waals surface area contributed by atoms with Crippen molar-refractivity contribution in [3.8, 4) is 11.5 Å². The molecular formula is C35H49BrO20. The van der Waals surface area contributed by atoms with Crippen LogP contribution in [0.4, 0.5) is 0 Å². The molecule has 0 aromatic heterocycles. The first kappa shape index (κ1) is 45.5. The van der Waals surface area contributed by atoms with Gasteiger partial charge in [-0.25, -0.2) is 19.6 Å². The molecule has 0 radical (unpaired) electrons. The average molecular weight is 870 g/mol. The minimum absolute atomic E-state index is 0.0342. The van der Waals surface area contributed by atoms with Gasteiger partial charge < -0.3 is 56.8 Å². The standard InChI is InChI=1S/C35H49BrO20/c1-20(37)46-19-27-29(49-21(2)38)30(50-22(3)39)32(51-23(4)40)35(53-27)54-28-26(18-36)52-34(41-5)33-31(28)55-47-16-12-42-10-14-44-24-6-8-25(9-7-24)45-15-11-43-13-17-48-56-33/h6-9,26-35H,10-19H2,1-5H3/t26-,27-,28+,29+,30+,31+,32-,33-,34-,35+/m1/s1. The third-order valence-electron chi connectivity index (χ3n) is 8.01. The highest BCUT2D eigenvalue weighted by atomic mass is 79.9. The van der Waals surface area contributed by atoms with Gasteiger partial charge in [0.25, 0.3) is 0 Å². The number of rotatable bonds is 9. The molecule has 21 heteroatoms. The van der Waals surface area contributed by atoms with Crippen LogP contribution < -0.4 is 9.47 Å². The highest BCUT2D eigenvalue weighted by Gasteiger charge is 2.57. The van der Waals surface area contributed by atoms with Crippen molar-refractivity contribution in [3.05, 3.63) is 24.3 Å². The molecule has 10 atom stereocenters. The normalized spacial score (nSPS) is 31.1. The molecule has 0 unspecified atom stereocenters. The summed E-state index contributed by atoms with van der Waals surface area (Å²) in [5.74, 6) is -1.82. The van der Waals surface area contributed by atoms with E-state index in [1.54, 1.807) is 24.3 Å². The number of alkyl halides is 1. The van der Waals surface area contributed by atoms with Gasteiger partial charge in [-0.2, -0.15) is 0 Å². The first-order valence-corrected chi connectivity index (χ1v) is 18.9. The van der Waals surface area contributed by atoms with E-state index in [-0.39, 0.29) is 58.2 Å². The molecule has 2 saturated heterocycles. The molecule has 4 aliphatic heterocycles. The smallest absolute Gasteiger partial charge is 0.303 e. The van der Waals surface area contributed by atoms with Crippen LogP contribution in [0.5, 0.6) is 11.5 Å². The van der Waals surface area contributed by atoms with Gasteiger partial charge in [-0.3, -0.25) is 19.2 Å². The Bertz CT molecular complexity index is 1370. The summed E-state index contributed by atoms with van der Waals surface area (Å²) in [4.78, 5) is 71.7. The van der Waals surface area contributed by atoms with Crippen LogP contribution in [0.2, 0.25) is 0 Å². The summed E-state index contributed by atoms with van der Waals surface area (Å²) >= 11 is 3.44. The van der Waals surface area contributed by atoms with E-state index < -0.39 is 91.9 Å². The van der Waals surface area contributed by atoms with Crippen LogP contribution >= 0.6 is 15.9 Å². The molecule has 5 rings (SSSR count). The number of benzene rings is 1. The number of methoxy groups -OCH3 is 1. The maximum atomic E-state index is 12.5. The fraction of sp³-hybridized carbons (Fsp3) is 0.714. The number of esters is 4. The zero-order valence-electron chi connectivity index (χ0n) is 31.7. The number of carbonyl (C=O) groups excluding carboxylic acids is 4. The van der Waals surface area contributed by atoms with Gasteiger partial charge in [0.05, 0.1) is 32.5 Å². The molecule has 0 amide bonds. The Morgan fingerprint density at radius 2 is 1.11 bits per heavy atom. The Hall–Kier alpha value is -3.22. The van der Waals surface area contributed by atoms with E-state index in [2.05, 4.69) is 15.9 Å². The second-order valence-corrected chi connectivity index (χ2v) is 12.9. The molecular weight excluding hydrogens is 820 g/mol. The van der Waals surface area contributed by atoms with Crippen LogP contribution in [-0.2, 0) is 86.1 Å². The van der Waals surface area contributed by atoms with Gasteiger partial charge in [0, 0.05) is 40.1 Å². The zero-order chi connectivity index (χ0) is 40.5. The molecule has 4 aliphatic rings.